The van der Waals surface area contributed by atoms with Crippen molar-refractivity contribution >= 4 is 11.6 Å². The van der Waals surface area contributed by atoms with Gasteiger partial charge >= 0.3 is 5.69 Å². The normalized spacial score (nSPS) is 13.8. The fourth-order valence-electron chi connectivity index (χ4n) is 2.51. The molecule has 3 rings (SSSR count). The minimum atomic E-state index is -0.713. The Hall–Kier alpha value is -3.29. The molecule has 1 unspecified atom stereocenters. The second kappa shape index (κ2) is 6.68. The van der Waals surface area contributed by atoms with E-state index >= 15 is 0 Å². The van der Waals surface area contributed by atoms with Gasteiger partial charge in [-0.05, 0) is 36.8 Å². The first-order chi connectivity index (χ1) is 12.0. The van der Waals surface area contributed by atoms with Gasteiger partial charge in [0.05, 0.1) is 11.0 Å². The lowest BCUT2D eigenvalue weighted by molar-refractivity contribution is -0.385. The van der Waals surface area contributed by atoms with Crippen LogP contribution in [0.4, 0.5) is 5.69 Å². The van der Waals surface area contributed by atoms with Gasteiger partial charge in [-0.15, -0.1) is 0 Å². The Kier molecular flexibility index (Phi) is 4.42. The van der Waals surface area contributed by atoms with E-state index < -0.39 is 22.3 Å². The first-order valence-electron chi connectivity index (χ1n) is 7.63. The summed E-state index contributed by atoms with van der Waals surface area (Å²) in [7, 11) is 0. The monoisotopic (exact) mass is 344 g/mol. The largest absolute Gasteiger partial charge is 0.502 e. The lowest BCUT2D eigenvalue weighted by Crippen LogP contribution is -2.26. The molecular weight excluding hydrogens is 328 g/mol. The van der Waals surface area contributed by atoms with Crippen molar-refractivity contribution in [2.45, 2.75) is 13.0 Å². The molecule has 0 saturated carbocycles. The molecule has 8 nitrogen and oxygen atoms in total. The number of phenols is 1. The number of carbonyl (C=O) groups excluding carboxylic acids is 1. The van der Waals surface area contributed by atoms with Gasteiger partial charge in [0, 0.05) is 11.6 Å². The Morgan fingerprint density at radius 3 is 2.60 bits per heavy atom. The van der Waals surface area contributed by atoms with Crippen molar-refractivity contribution in [3.8, 4) is 17.2 Å². The molecule has 25 heavy (non-hydrogen) atoms. The summed E-state index contributed by atoms with van der Waals surface area (Å²) in [5.74, 6) is 0.281. The molecule has 0 spiro atoms. The van der Waals surface area contributed by atoms with Gasteiger partial charge in [0.1, 0.15) is 13.2 Å². The first-order valence-corrected chi connectivity index (χ1v) is 7.63. The molecule has 0 aromatic heterocycles. The van der Waals surface area contributed by atoms with E-state index in [1.54, 1.807) is 19.1 Å². The predicted octanol–water partition coefficient (Wildman–Crippen LogP) is 2.56. The Labute approximate surface area is 143 Å². The van der Waals surface area contributed by atoms with E-state index in [0.717, 1.165) is 17.7 Å². The Morgan fingerprint density at radius 2 is 1.92 bits per heavy atom. The summed E-state index contributed by atoms with van der Waals surface area (Å²) in [6.45, 7) is 2.77. The molecule has 0 saturated heterocycles. The van der Waals surface area contributed by atoms with E-state index in [9.17, 15) is 20.0 Å². The predicted molar refractivity (Wildman–Crippen MR) is 88.1 cm³/mol. The highest BCUT2D eigenvalue weighted by molar-refractivity contribution is 5.95. The quantitative estimate of drug-likeness (QED) is 0.651. The number of nitro benzene ring substituents is 1. The first kappa shape index (κ1) is 16.6. The molecule has 1 aliphatic heterocycles. The number of hydrogen-bond acceptors (Lipinski definition) is 6. The van der Waals surface area contributed by atoms with E-state index in [0.29, 0.717) is 24.7 Å². The van der Waals surface area contributed by atoms with Crippen molar-refractivity contribution in [3.63, 3.8) is 0 Å². The van der Waals surface area contributed by atoms with Crippen LogP contribution in [0.15, 0.2) is 36.4 Å². The molecule has 2 N–H and O–H groups in total. The maximum Gasteiger partial charge on any atom is 0.310 e. The second-order valence-corrected chi connectivity index (χ2v) is 5.56. The van der Waals surface area contributed by atoms with Gasteiger partial charge in [-0.1, -0.05) is 6.07 Å². The molecule has 0 radical (unpaired) electrons. The number of nitro groups is 1. The van der Waals surface area contributed by atoms with Crippen LogP contribution in [0.5, 0.6) is 17.2 Å². The average Bonchev–Trinajstić information content (AvgIpc) is 2.60. The third-order valence-corrected chi connectivity index (χ3v) is 3.85. The van der Waals surface area contributed by atoms with Gasteiger partial charge in [-0.2, -0.15) is 0 Å². The number of aromatic hydroxyl groups is 1. The highest BCUT2D eigenvalue weighted by Crippen LogP contribution is 2.33. The van der Waals surface area contributed by atoms with Gasteiger partial charge < -0.3 is 19.9 Å². The number of nitrogens with one attached hydrogen (secondary N) is 1. The maximum atomic E-state index is 12.3. The Morgan fingerprint density at radius 1 is 1.20 bits per heavy atom. The van der Waals surface area contributed by atoms with Gasteiger partial charge in [-0.3, -0.25) is 14.9 Å². The van der Waals surface area contributed by atoms with Crippen molar-refractivity contribution in [3.05, 3.63) is 57.6 Å². The fraction of sp³-hybridized carbons (Fsp3) is 0.235. The van der Waals surface area contributed by atoms with Crippen LogP contribution < -0.4 is 14.8 Å². The molecule has 8 heteroatoms. The van der Waals surface area contributed by atoms with Gasteiger partial charge in [0.25, 0.3) is 5.91 Å². The minimum absolute atomic E-state index is 0.132. The summed E-state index contributed by atoms with van der Waals surface area (Å²) in [6, 6.07) is 8.54. The number of hydrogen-bond donors (Lipinski definition) is 2. The zero-order valence-electron chi connectivity index (χ0n) is 13.4. The number of benzene rings is 2. The van der Waals surface area contributed by atoms with E-state index in [-0.39, 0.29) is 11.6 Å². The van der Waals surface area contributed by atoms with E-state index in [1.807, 2.05) is 6.07 Å². The number of nitrogens with zero attached hydrogens (tertiary/aromatic N) is 1. The summed E-state index contributed by atoms with van der Waals surface area (Å²) in [5.41, 5.74) is 0.507. The smallest absolute Gasteiger partial charge is 0.310 e. The molecule has 1 aliphatic rings. The maximum absolute atomic E-state index is 12.3. The molecule has 0 bridgehead atoms. The second-order valence-electron chi connectivity index (χ2n) is 5.56. The Bertz CT molecular complexity index is 836. The fourth-order valence-corrected chi connectivity index (χ4v) is 2.51. The van der Waals surface area contributed by atoms with Crippen molar-refractivity contribution in [2.75, 3.05) is 13.2 Å². The lowest BCUT2D eigenvalue weighted by atomic mass is 10.1. The minimum Gasteiger partial charge on any atom is -0.502 e. The SMILES string of the molecule is CC(NC(=O)c1ccc([N+](=O)[O-])c(O)c1)c1ccc2c(c1)OCCO2. The van der Waals surface area contributed by atoms with Crippen LogP contribution in [0, 0.1) is 10.1 Å². The zero-order valence-corrected chi connectivity index (χ0v) is 13.4. The standard InChI is InChI=1S/C17H16N2O6/c1-10(11-3-5-15-16(9-11)25-7-6-24-15)18-17(21)12-2-4-13(19(22)23)14(20)8-12/h2-5,8-10,20H,6-7H2,1H3,(H,18,21). The van der Waals surface area contributed by atoms with Crippen LogP contribution in [-0.4, -0.2) is 29.2 Å². The zero-order chi connectivity index (χ0) is 18.0. The van der Waals surface area contributed by atoms with Crippen molar-refractivity contribution in [2.24, 2.45) is 0 Å². The van der Waals surface area contributed by atoms with Crippen LogP contribution in [0.25, 0.3) is 0 Å². The summed E-state index contributed by atoms with van der Waals surface area (Å²) >= 11 is 0. The van der Waals surface area contributed by atoms with Crippen LogP contribution in [0.2, 0.25) is 0 Å². The molecule has 1 atom stereocenters. The van der Waals surface area contributed by atoms with Crippen LogP contribution in [-0.2, 0) is 0 Å². The summed E-state index contributed by atoms with van der Waals surface area (Å²) in [6.07, 6.45) is 0. The van der Waals surface area contributed by atoms with Crippen LogP contribution >= 0.6 is 0 Å². The third-order valence-electron chi connectivity index (χ3n) is 3.85. The number of fused-ring (bicyclic) bond motifs is 1. The van der Waals surface area contributed by atoms with E-state index in [2.05, 4.69) is 5.32 Å². The van der Waals surface area contributed by atoms with Crippen molar-refractivity contribution in [1.29, 1.82) is 0 Å². The number of carbonyl (C=O) groups is 1. The van der Waals surface area contributed by atoms with Crippen molar-refractivity contribution in [1.82, 2.24) is 5.32 Å². The Balaban J connectivity index is 1.74. The van der Waals surface area contributed by atoms with Crippen LogP contribution in [0.1, 0.15) is 28.9 Å². The number of phenolic OH excluding ortho intramolecular Hbond substituents is 1. The molecule has 130 valence electrons. The molecule has 2 aromatic carbocycles. The topological polar surface area (TPSA) is 111 Å². The summed E-state index contributed by atoms with van der Waals surface area (Å²) in [5, 5.41) is 23.1. The van der Waals surface area contributed by atoms with Gasteiger partial charge in [-0.25, -0.2) is 0 Å². The summed E-state index contributed by atoms with van der Waals surface area (Å²) < 4.78 is 11.0. The van der Waals surface area contributed by atoms with E-state index in [4.69, 9.17) is 9.47 Å². The average molecular weight is 344 g/mol. The highest BCUT2D eigenvalue weighted by Gasteiger charge is 2.19. The molecule has 0 fully saturated rings. The van der Waals surface area contributed by atoms with Gasteiger partial charge in [0.2, 0.25) is 0 Å². The lowest BCUT2D eigenvalue weighted by Gasteiger charge is -2.21. The van der Waals surface area contributed by atoms with Gasteiger partial charge in [0.15, 0.2) is 17.2 Å². The molecule has 1 heterocycles. The molecular formula is C17H16N2O6. The molecule has 0 aliphatic carbocycles. The highest BCUT2D eigenvalue weighted by atomic mass is 16.6. The van der Waals surface area contributed by atoms with E-state index in [1.165, 1.54) is 6.07 Å². The van der Waals surface area contributed by atoms with Crippen molar-refractivity contribution < 1.29 is 24.3 Å². The number of amides is 1. The summed E-state index contributed by atoms with van der Waals surface area (Å²) in [4.78, 5) is 22.3. The molecule has 1 amide bonds. The van der Waals surface area contributed by atoms with Crippen LogP contribution in [0.3, 0.4) is 0 Å². The number of rotatable bonds is 4. The molecule has 2 aromatic rings. The number of ether oxygens (including phenoxy) is 2. The third kappa shape index (κ3) is 3.47.